The predicted octanol–water partition coefficient (Wildman–Crippen LogP) is 1.76. The van der Waals surface area contributed by atoms with Crippen LogP contribution >= 0.6 is 0 Å². The zero-order valence-electron chi connectivity index (χ0n) is 12.6. The fourth-order valence-corrected chi connectivity index (χ4v) is 2.30. The Morgan fingerprint density at radius 2 is 1.95 bits per heavy atom. The predicted molar refractivity (Wildman–Crippen MR) is 82.5 cm³/mol. The first-order valence-electron chi connectivity index (χ1n) is 7.26. The number of nitrogens with one attached hydrogen (secondary N) is 1. The molecule has 1 aliphatic carbocycles. The molecule has 1 aromatic rings. The van der Waals surface area contributed by atoms with Crippen LogP contribution in [0.3, 0.4) is 0 Å². The second-order valence-corrected chi connectivity index (χ2v) is 6.21. The number of hydrogen-bond donors (Lipinski definition) is 2. The maximum atomic E-state index is 12.4. The van der Waals surface area contributed by atoms with Crippen molar-refractivity contribution in [2.24, 2.45) is 0 Å². The van der Waals surface area contributed by atoms with Gasteiger partial charge in [0.05, 0.1) is 5.41 Å². The Bertz CT molecular complexity index is 463. The van der Waals surface area contributed by atoms with Gasteiger partial charge < -0.3 is 16.0 Å². The highest BCUT2D eigenvalue weighted by molar-refractivity contribution is 5.87. The Labute approximate surface area is 121 Å². The molecule has 0 spiro atoms. The van der Waals surface area contributed by atoms with Crippen LogP contribution in [-0.2, 0) is 10.2 Å². The second-order valence-electron chi connectivity index (χ2n) is 6.21. The summed E-state index contributed by atoms with van der Waals surface area (Å²) in [6.45, 7) is 5.50. The van der Waals surface area contributed by atoms with Crippen molar-refractivity contribution < 1.29 is 4.79 Å². The number of likely N-dealkylation sites (N-methyl/N-ethyl adjacent to an activating group) is 1. The van der Waals surface area contributed by atoms with Gasteiger partial charge in [-0.1, -0.05) is 12.1 Å². The molecule has 110 valence electrons. The molecule has 4 nitrogen and oxygen atoms in total. The summed E-state index contributed by atoms with van der Waals surface area (Å²) in [7, 11) is 2.12. The van der Waals surface area contributed by atoms with Crippen LogP contribution in [0, 0.1) is 0 Å². The van der Waals surface area contributed by atoms with Crippen molar-refractivity contribution in [3.8, 4) is 0 Å². The fraction of sp³-hybridized carbons (Fsp3) is 0.562. The number of nitrogen functional groups attached to an aromatic ring is 1. The summed E-state index contributed by atoms with van der Waals surface area (Å²) in [5, 5.41) is 3.04. The Morgan fingerprint density at radius 3 is 2.50 bits per heavy atom. The fourth-order valence-electron chi connectivity index (χ4n) is 2.30. The van der Waals surface area contributed by atoms with Crippen molar-refractivity contribution in [1.82, 2.24) is 10.2 Å². The molecule has 1 saturated carbocycles. The summed E-state index contributed by atoms with van der Waals surface area (Å²) in [4.78, 5) is 14.7. The highest BCUT2D eigenvalue weighted by atomic mass is 16.2. The average Bonchev–Trinajstić information content (AvgIpc) is 3.23. The average molecular weight is 275 g/mol. The molecular formula is C16H25N3O. The Hall–Kier alpha value is -1.55. The maximum Gasteiger partial charge on any atom is 0.230 e. The number of anilines is 1. The number of carbonyl (C=O) groups excluding carboxylic acids is 1. The van der Waals surface area contributed by atoms with Crippen LogP contribution in [0.15, 0.2) is 24.3 Å². The Balaban J connectivity index is 1.87. The summed E-state index contributed by atoms with van der Waals surface area (Å²) in [6.07, 6.45) is 2.59. The number of nitrogens with zero attached hydrogens (tertiary/aromatic N) is 1. The van der Waals surface area contributed by atoms with Gasteiger partial charge in [0.25, 0.3) is 0 Å². The molecule has 1 aliphatic rings. The lowest BCUT2D eigenvalue weighted by atomic mass is 9.83. The van der Waals surface area contributed by atoms with E-state index in [-0.39, 0.29) is 5.91 Å². The second kappa shape index (κ2) is 5.83. The summed E-state index contributed by atoms with van der Waals surface area (Å²) in [6, 6.07) is 8.25. The molecule has 0 unspecified atom stereocenters. The molecule has 0 saturated heterocycles. The Kier molecular flexibility index (Phi) is 4.33. The van der Waals surface area contributed by atoms with Gasteiger partial charge in [0.15, 0.2) is 0 Å². The first-order valence-corrected chi connectivity index (χ1v) is 7.26. The third-order valence-corrected chi connectivity index (χ3v) is 4.12. The summed E-state index contributed by atoms with van der Waals surface area (Å²) in [5.74, 6) is 0.0615. The smallest absolute Gasteiger partial charge is 0.230 e. The monoisotopic (exact) mass is 275 g/mol. The molecule has 0 radical (unpaired) electrons. The van der Waals surface area contributed by atoms with E-state index in [1.807, 2.05) is 38.1 Å². The molecule has 4 heteroatoms. The Morgan fingerprint density at radius 1 is 1.35 bits per heavy atom. The number of amides is 1. The molecule has 0 bridgehead atoms. The van der Waals surface area contributed by atoms with Gasteiger partial charge in [0, 0.05) is 24.8 Å². The molecular weight excluding hydrogens is 250 g/mol. The van der Waals surface area contributed by atoms with Gasteiger partial charge in [-0.05, 0) is 51.4 Å². The molecule has 0 aromatic heterocycles. The van der Waals surface area contributed by atoms with E-state index in [4.69, 9.17) is 5.73 Å². The molecule has 0 heterocycles. The lowest BCUT2D eigenvalue weighted by Gasteiger charge is -2.25. The minimum atomic E-state index is -0.536. The molecule has 1 amide bonds. The maximum absolute atomic E-state index is 12.4. The van der Waals surface area contributed by atoms with Gasteiger partial charge in [0.2, 0.25) is 5.91 Å². The van der Waals surface area contributed by atoms with Crippen molar-refractivity contribution in [2.75, 3.05) is 25.9 Å². The van der Waals surface area contributed by atoms with Crippen LogP contribution in [-0.4, -0.2) is 37.0 Å². The number of nitrogens with two attached hydrogens (primary N) is 1. The largest absolute Gasteiger partial charge is 0.399 e. The van der Waals surface area contributed by atoms with Gasteiger partial charge in [-0.15, -0.1) is 0 Å². The zero-order valence-corrected chi connectivity index (χ0v) is 12.6. The normalized spacial score (nSPS) is 15.4. The highest BCUT2D eigenvalue weighted by Gasteiger charge is 2.30. The molecule has 1 aromatic carbocycles. The van der Waals surface area contributed by atoms with Crippen LogP contribution in [0.1, 0.15) is 32.3 Å². The topological polar surface area (TPSA) is 58.4 Å². The first-order chi connectivity index (χ1) is 9.41. The number of hydrogen-bond acceptors (Lipinski definition) is 3. The highest BCUT2D eigenvalue weighted by Crippen LogP contribution is 2.25. The third kappa shape index (κ3) is 3.51. The third-order valence-electron chi connectivity index (χ3n) is 4.12. The van der Waals surface area contributed by atoms with Crippen molar-refractivity contribution in [2.45, 2.75) is 38.1 Å². The molecule has 20 heavy (non-hydrogen) atoms. The van der Waals surface area contributed by atoms with E-state index < -0.39 is 5.41 Å². The van der Waals surface area contributed by atoms with Crippen LogP contribution in [0.5, 0.6) is 0 Å². The molecule has 0 atom stereocenters. The van der Waals surface area contributed by atoms with Gasteiger partial charge in [-0.25, -0.2) is 0 Å². The van der Waals surface area contributed by atoms with E-state index in [1.54, 1.807) is 0 Å². The summed E-state index contributed by atoms with van der Waals surface area (Å²) >= 11 is 0. The first kappa shape index (κ1) is 14.9. The summed E-state index contributed by atoms with van der Waals surface area (Å²) in [5.41, 5.74) is 6.86. The van der Waals surface area contributed by atoms with Crippen molar-refractivity contribution in [3.63, 3.8) is 0 Å². The van der Waals surface area contributed by atoms with Crippen molar-refractivity contribution in [1.29, 1.82) is 0 Å². The van der Waals surface area contributed by atoms with E-state index in [0.717, 1.165) is 23.8 Å². The molecule has 2 rings (SSSR count). The summed E-state index contributed by atoms with van der Waals surface area (Å²) < 4.78 is 0. The minimum Gasteiger partial charge on any atom is -0.399 e. The lowest BCUT2D eigenvalue weighted by molar-refractivity contribution is -0.125. The van der Waals surface area contributed by atoms with E-state index in [0.29, 0.717) is 6.54 Å². The van der Waals surface area contributed by atoms with Crippen LogP contribution in [0.2, 0.25) is 0 Å². The SMILES string of the molecule is CN(CCNC(=O)C(C)(C)c1ccc(N)cc1)C1CC1. The van der Waals surface area contributed by atoms with Gasteiger partial charge in [-0.3, -0.25) is 4.79 Å². The minimum absolute atomic E-state index is 0.0615. The van der Waals surface area contributed by atoms with Gasteiger partial charge in [-0.2, -0.15) is 0 Å². The molecule has 3 N–H and O–H groups in total. The zero-order chi connectivity index (χ0) is 14.8. The van der Waals surface area contributed by atoms with Crippen LogP contribution < -0.4 is 11.1 Å². The quantitative estimate of drug-likeness (QED) is 0.778. The van der Waals surface area contributed by atoms with Gasteiger partial charge in [0.1, 0.15) is 0 Å². The van der Waals surface area contributed by atoms with Crippen molar-refractivity contribution in [3.05, 3.63) is 29.8 Å². The standard InChI is InChI=1S/C16H25N3O/c1-16(2,12-4-6-13(17)7-5-12)15(20)18-10-11-19(3)14-8-9-14/h4-7,14H,8-11,17H2,1-3H3,(H,18,20). The number of carbonyl (C=O) groups is 1. The molecule has 1 fully saturated rings. The van der Waals surface area contributed by atoms with Gasteiger partial charge >= 0.3 is 0 Å². The molecule has 0 aliphatic heterocycles. The van der Waals surface area contributed by atoms with Crippen LogP contribution in [0.4, 0.5) is 5.69 Å². The van der Waals surface area contributed by atoms with Crippen LogP contribution in [0.25, 0.3) is 0 Å². The lowest BCUT2D eigenvalue weighted by Crippen LogP contribution is -2.43. The van der Waals surface area contributed by atoms with Crippen molar-refractivity contribution >= 4 is 11.6 Å². The number of benzene rings is 1. The van der Waals surface area contributed by atoms with E-state index in [2.05, 4.69) is 17.3 Å². The number of rotatable bonds is 6. The van der Waals surface area contributed by atoms with E-state index >= 15 is 0 Å². The van der Waals surface area contributed by atoms with E-state index in [1.165, 1.54) is 12.8 Å². The van der Waals surface area contributed by atoms with E-state index in [9.17, 15) is 4.79 Å².